The van der Waals surface area contributed by atoms with Crippen LogP contribution in [0.1, 0.15) is 11.1 Å². The number of halogens is 1. The van der Waals surface area contributed by atoms with Gasteiger partial charge in [0.2, 0.25) is 10.0 Å². The van der Waals surface area contributed by atoms with Gasteiger partial charge in [0.15, 0.2) is 6.61 Å². The molecule has 0 saturated carbocycles. The van der Waals surface area contributed by atoms with Crippen molar-refractivity contribution < 1.29 is 27.4 Å². The van der Waals surface area contributed by atoms with Gasteiger partial charge in [0.25, 0.3) is 0 Å². The number of hydrogen-bond acceptors (Lipinski definition) is 5. The number of ether oxygens (including phenoxy) is 1. The zero-order chi connectivity index (χ0) is 23.3. The number of hydrogen-bond donors (Lipinski definition) is 1. The van der Waals surface area contributed by atoms with Gasteiger partial charge in [-0.15, -0.1) is 0 Å². The van der Waals surface area contributed by atoms with E-state index in [0.717, 1.165) is 16.4 Å². The minimum atomic E-state index is -3.86. The third kappa shape index (κ3) is 5.29. The van der Waals surface area contributed by atoms with Crippen molar-refractivity contribution >= 4 is 16.0 Å². The van der Waals surface area contributed by atoms with Crippen LogP contribution in [-0.2, 0) is 21.4 Å². The molecule has 0 radical (unpaired) electrons. The van der Waals surface area contributed by atoms with E-state index in [-0.39, 0.29) is 17.2 Å². The molecule has 0 spiro atoms. The molecule has 7 nitrogen and oxygen atoms in total. The summed E-state index contributed by atoms with van der Waals surface area (Å²) in [6.07, 6.45) is 0. The first-order valence-corrected chi connectivity index (χ1v) is 10.8. The summed E-state index contributed by atoms with van der Waals surface area (Å²) in [4.78, 5) is 10.9. The lowest BCUT2D eigenvalue weighted by atomic mass is 10.00. The van der Waals surface area contributed by atoms with E-state index in [4.69, 9.17) is 9.84 Å². The van der Waals surface area contributed by atoms with Gasteiger partial charge >= 0.3 is 5.97 Å². The second-order valence-electron chi connectivity index (χ2n) is 6.92. The second kappa shape index (κ2) is 9.60. The van der Waals surface area contributed by atoms with Gasteiger partial charge in [-0.05, 0) is 59.7 Å². The van der Waals surface area contributed by atoms with Crippen molar-refractivity contribution in [3.63, 3.8) is 0 Å². The van der Waals surface area contributed by atoms with E-state index in [1.54, 1.807) is 42.5 Å². The molecule has 0 aliphatic carbocycles. The Labute approximate surface area is 185 Å². The van der Waals surface area contributed by atoms with Crippen molar-refractivity contribution in [1.29, 1.82) is 5.26 Å². The van der Waals surface area contributed by atoms with Gasteiger partial charge < -0.3 is 9.84 Å². The molecule has 0 heterocycles. The SMILES string of the molecule is CN(Cc1ccc(OCC(=O)O)c(-c2cccc(C#N)c2)c1)S(=O)(=O)c1ccc(F)cc1. The Morgan fingerprint density at radius 2 is 1.84 bits per heavy atom. The van der Waals surface area contributed by atoms with Crippen LogP contribution >= 0.6 is 0 Å². The maximum Gasteiger partial charge on any atom is 0.341 e. The molecule has 3 rings (SSSR count). The molecule has 1 N–H and O–H groups in total. The zero-order valence-corrected chi connectivity index (χ0v) is 17.8. The molecule has 0 amide bonds. The highest BCUT2D eigenvalue weighted by molar-refractivity contribution is 7.89. The summed E-state index contributed by atoms with van der Waals surface area (Å²) in [6, 6.07) is 18.2. The van der Waals surface area contributed by atoms with E-state index < -0.39 is 28.4 Å². The summed E-state index contributed by atoms with van der Waals surface area (Å²) < 4.78 is 45.3. The van der Waals surface area contributed by atoms with E-state index in [9.17, 15) is 22.9 Å². The van der Waals surface area contributed by atoms with Crippen LogP contribution in [-0.4, -0.2) is 37.5 Å². The lowest BCUT2D eigenvalue weighted by Crippen LogP contribution is -2.26. The molecule has 32 heavy (non-hydrogen) atoms. The predicted molar refractivity (Wildman–Crippen MR) is 115 cm³/mol. The Bertz CT molecular complexity index is 1280. The van der Waals surface area contributed by atoms with Crippen LogP contribution in [0.15, 0.2) is 71.6 Å². The van der Waals surface area contributed by atoms with Crippen molar-refractivity contribution in [2.45, 2.75) is 11.4 Å². The van der Waals surface area contributed by atoms with Gasteiger partial charge in [0.1, 0.15) is 11.6 Å². The molecule has 3 aromatic carbocycles. The minimum Gasteiger partial charge on any atom is -0.481 e. The molecule has 0 saturated heterocycles. The molecule has 0 atom stereocenters. The first-order valence-electron chi connectivity index (χ1n) is 9.40. The van der Waals surface area contributed by atoms with E-state index in [0.29, 0.717) is 22.3 Å². The van der Waals surface area contributed by atoms with Crippen LogP contribution in [0.2, 0.25) is 0 Å². The first-order chi connectivity index (χ1) is 15.2. The van der Waals surface area contributed by atoms with Crippen molar-refractivity contribution in [2.24, 2.45) is 0 Å². The Morgan fingerprint density at radius 3 is 2.50 bits per heavy atom. The van der Waals surface area contributed by atoms with E-state index in [1.807, 2.05) is 6.07 Å². The average molecular weight is 454 g/mol. The number of nitrogens with zero attached hydrogens (tertiary/aromatic N) is 2. The number of carboxylic acids is 1. The number of nitriles is 1. The van der Waals surface area contributed by atoms with E-state index in [1.165, 1.54) is 19.2 Å². The summed E-state index contributed by atoms with van der Waals surface area (Å²) in [5.41, 5.74) is 2.16. The molecule has 3 aromatic rings. The first kappa shape index (κ1) is 22.9. The highest BCUT2D eigenvalue weighted by Gasteiger charge is 2.21. The minimum absolute atomic E-state index is 0.00383. The van der Waals surface area contributed by atoms with E-state index >= 15 is 0 Å². The van der Waals surface area contributed by atoms with Gasteiger partial charge in [-0.2, -0.15) is 9.57 Å². The second-order valence-corrected chi connectivity index (χ2v) is 8.97. The molecule has 164 valence electrons. The Morgan fingerprint density at radius 1 is 1.12 bits per heavy atom. The highest BCUT2D eigenvalue weighted by Crippen LogP contribution is 2.32. The fourth-order valence-electron chi connectivity index (χ4n) is 3.05. The monoisotopic (exact) mass is 454 g/mol. The quantitative estimate of drug-likeness (QED) is 0.557. The summed E-state index contributed by atoms with van der Waals surface area (Å²) in [7, 11) is -2.45. The lowest BCUT2D eigenvalue weighted by Gasteiger charge is -2.19. The molecule has 0 aliphatic heterocycles. The van der Waals surface area contributed by atoms with Crippen molar-refractivity contribution in [2.75, 3.05) is 13.7 Å². The summed E-state index contributed by atoms with van der Waals surface area (Å²) in [5, 5.41) is 18.1. The van der Waals surface area contributed by atoms with Gasteiger partial charge in [-0.25, -0.2) is 17.6 Å². The smallest absolute Gasteiger partial charge is 0.341 e. The molecule has 0 fully saturated rings. The van der Waals surface area contributed by atoms with Gasteiger partial charge in [-0.3, -0.25) is 0 Å². The molecule has 0 bridgehead atoms. The molecule has 0 aliphatic rings. The number of carbonyl (C=O) groups is 1. The fourth-order valence-corrected chi connectivity index (χ4v) is 4.21. The number of aliphatic carboxylic acids is 1. The molecular formula is C23H19FN2O5S. The maximum absolute atomic E-state index is 13.2. The van der Waals surface area contributed by atoms with Crippen LogP contribution in [0.3, 0.4) is 0 Å². The average Bonchev–Trinajstić information content (AvgIpc) is 2.78. The number of benzene rings is 3. The van der Waals surface area contributed by atoms with Crippen molar-refractivity contribution in [3.8, 4) is 22.9 Å². The van der Waals surface area contributed by atoms with Gasteiger partial charge in [-0.1, -0.05) is 18.2 Å². The van der Waals surface area contributed by atoms with Gasteiger partial charge in [0, 0.05) is 19.2 Å². The maximum atomic E-state index is 13.2. The highest BCUT2D eigenvalue weighted by atomic mass is 32.2. The van der Waals surface area contributed by atoms with Crippen LogP contribution in [0.5, 0.6) is 5.75 Å². The topological polar surface area (TPSA) is 108 Å². The van der Waals surface area contributed by atoms with Crippen LogP contribution in [0, 0.1) is 17.1 Å². The summed E-state index contributed by atoms with van der Waals surface area (Å²) >= 11 is 0. The standard InChI is InChI=1S/C23H19FN2O5S/c1-26(32(29,30)20-8-6-19(24)7-9-20)14-17-5-10-22(31-15-23(27)28)21(12-17)18-4-2-3-16(11-18)13-25/h2-12H,14-15H2,1H3,(H,27,28). The molecule has 9 heteroatoms. The lowest BCUT2D eigenvalue weighted by molar-refractivity contribution is -0.139. The Balaban J connectivity index is 1.95. The third-order valence-electron chi connectivity index (χ3n) is 4.62. The number of rotatable bonds is 8. The number of carboxylic acid groups (broad SMARTS) is 1. The van der Waals surface area contributed by atoms with Gasteiger partial charge in [0.05, 0.1) is 16.5 Å². The van der Waals surface area contributed by atoms with Crippen LogP contribution < -0.4 is 4.74 Å². The largest absolute Gasteiger partial charge is 0.481 e. The molecule has 0 aromatic heterocycles. The van der Waals surface area contributed by atoms with Crippen LogP contribution in [0.4, 0.5) is 4.39 Å². The Hall–Kier alpha value is -3.74. The van der Waals surface area contributed by atoms with Crippen molar-refractivity contribution in [1.82, 2.24) is 4.31 Å². The Kier molecular flexibility index (Phi) is 6.88. The summed E-state index contributed by atoms with van der Waals surface area (Å²) in [5.74, 6) is -1.39. The molecule has 0 unspecified atom stereocenters. The predicted octanol–water partition coefficient (Wildman–Crippen LogP) is 3.65. The van der Waals surface area contributed by atoms with Crippen molar-refractivity contribution in [3.05, 3.63) is 83.7 Å². The van der Waals surface area contributed by atoms with E-state index in [2.05, 4.69) is 0 Å². The fraction of sp³-hybridized carbons (Fsp3) is 0.130. The third-order valence-corrected chi connectivity index (χ3v) is 6.44. The summed E-state index contributed by atoms with van der Waals surface area (Å²) in [6.45, 7) is -0.549. The van der Waals surface area contributed by atoms with Crippen LogP contribution in [0.25, 0.3) is 11.1 Å². The normalized spacial score (nSPS) is 11.2. The zero-order valence-electron chi connectivity index (χ0n) is 17.0. The molecular weight excluding hydrogens is 435 g/mol. The number of sulfonamides is 1.